The van der Waals surface area contributed by atoms with Crippen LogP contribution >= 0.6 is 0 Å². The summed E-state index contributed by atoms with van der Waals surface area (Å²) in [5, 5.41) is 15.4. The van der Waals surface area contributed by atoms with Gasteiger partial charge >= 0.3 is 0 Å². The van der Waals surface area contributed by atoms with E-state index in [1.807, 2.05) is 6.07 Å². The van der Waals surface area contributed by atoms with Crippen LogP contribution < -0.4 is 10.6 Å². The van der Waals surface area contributed by atoms with Crippen LogP contribution in [-0.4, -0.2) is 34.3 Å². The third-order valence-electron chi connectivity index (χ3n) is 5.71. The molecule has 0 unspecified atom stereocenters. The average molecular weight is 370 g/mol. The Balaban J connectivity index is 1.35. The van der Waals surface area contributed by atoms with Crippen molar-refractivity contribution in [1.82, 2.24) is 25.4 Å². The molecule has 0 saturated heterocycles. The van der Waals surface area contributed by atoms with Gasteiger partial charge in [0, 0.05) is 32.0 Å². The zero-order chi connectivity index (χ0) is 18.7. The molecule has 1 aliphatic heterocycles. The van der Waals surface area contributed by atoms with E-state index >= 15 is 0 Å². The summed E-state index contributed by atoms with van der Waals surface area (Å²) in [6.07, 6.45) is 6.77. The topological polar surface area (TPSA) is 67.1 Å². The van der Waals surface area contributed by atoms with E-state index in [1.54, 1.807) is 19.2 Å². The van der Waals surface area contributed by atoms with Crippen LogP contribution in [0.1, 0.15) is 49.3 Å². The second-order valence-corrected chi connectivity index (χ2v) is 7.56. The minimum Gasteiger partial charge on any atom is -0.356 e. The van der Waals surface area contributed by atoms with Gasteiger partial charge in [-0.05, 0) is 43.4 Å². The maximum Gasteiger partial charge on any atom is 0.191 e. The number of rotatable bonds is 5. The van der Waals surface area contributed by atoms with E-state index < -0.39 is 0 Å². The predicted octanol–water partition coefficient (Wildman–Crippen LogP) is 2.54. The van der Waals surface area contributed by atoms with Crippen molar-refractivity contribution in [2.75, 3.05) is 13.6 Å². The Hall–Kier alpha value is -2.44. The minimum atomic E-state index is -0.172. The van der Waals surface area contributed by atoms with Crippen LogP contribution in [0.25, 0.3) is 0 Å². The summed E-state index contributed by atoms with van der Waals surface area (Å²) in [4.78, 5) is 4.32. The lowest BCUT2D eigenvalue weighted by atomic mass is 9.96. The molecule has 1 fully saturated rings. The minimum absolute atomic E-state index is 0.0195. The SMILES string of the molecule is CN=C(NCc1nnc2n1CCCCC2)NCC1(c2cccc(F)c2)CC1. The number of benzene rings is 1. The fourth-order valence-electron chi connectivity index (χ4n) is 3.85. The fourth-order valence-corrected chi connectivity index (χ4v) is 3.85. The Morgan fingerprint density at radius 2 is 2.11 bits per heavy atom. The van der Waals surface area contributed by atoms with E-state index in [9.17, 15) is 4.39 Å². The molecule has 4 rings (SSSR count). The van der Waals surface area contributed by atoms with Gasteiger partial charge in [-0.3, -0.25) is 4.99 Å². The lowest BCUT2D eigenvalue weighted by molar-refractivity contribution is 0.591. The first-order chi connectivity index (χ1) is 13.2. The molecular weight excluding hydrogens is 343 g/mol. The normalized spacial score (nSPS) is 18.5. The Morgan fingerprint density at radius 3 is 2.89 bits per heavy atom. The van der Waals surface area contributed by atoms with Gasteiger partial charge in [-0.25, -0.2) is 4.39 Å². The molecule has 7 heteroatoms. The number of aromatic nitrogens is 3. The molecule has 2 aliphatic rings. The van der Waals surface area contributed by atoms with Crippen LogP contribution in [0.15, 0.2) is 29.3 Å². The van der Waals surface area contributed by atoms with Crippen molar-refractivity contribution in [3.8, 4) is 0 Å². The smallest absolute Gasteiger partial charge is 0.191 e. The summed E-state index contributed by atoms with van der Waals surface area (Å²) in [5.74, 6) is 2.62. The Bertz CT molecular complexity index is 824. The summed E-state index contributed by atoms with van der Waals surface area (Å²) in [5.41, 5.74) is 1.08. The highest BCUT2D eigenvalue weighted by molar-refractivity contribution is 5.79. The van der Waals surface area contributed by atoms with Crippen molar-refractivity contribution >= 4 is 5.96 Å². The summed E-state index contributed by atoms with van der Waals surface area (Å²) in [6, 6.07) is 6.94. The summed E-state index contributed by atoms with van der Waals surface area (Å²) in [7, 11) is 1.77. The molecule has 144 valence electrons. The van der Waals surface area contributed by atoms with Crippen molar-refractivity contribution in [1.29, 1.82) is 0 Å². The zero-order valence-corrected chi connectivity index (χ0v) is 15.8. The van der Waals surface area contributed by atoms with E-state index in [-0.39, 0.29) is 11.2 Å². The fraction of sp³-hybridized carbons (Fsp3) is 0.550. The molecule has 2 N–H and O–H groups in total. The maximum absolute atomic E-state index is 13.6. The summed E-state index contributed by atoms with van der Waals surface area (Å²) < 4.78 is 15.8. The van der Waals surface area contributed by atoms with Crippen LogP contribution in [0.5, 0.6) is 0 Å². The molecule has 0 amide bonds. The second-order valence-electron chi connectivity index (χ2n) is 7.56. The average Bonchev–Trinajstić information content (AvgIpc) is 3.43. The molecule has 1 aromatic carbocycles. The number of hydrogen-bond donors (Lipinski definition) is 2. The molecule has 2 heterocycles. The first-order valence-electron chi connectivity index (χ1n) is 9.82. The molecule has 0 radical (unpaired) electrons. The van der Waals surface area contributed by atoms with Crippen LogP contribution in [0, 0.1) is 5.82 Å². The first-order valence-corrected chi connectivity index (χ1v) is 9.82. The number of fused-ring (bicyclic) bond motifs is 1. The van der Waals surface area contributed by atoms with E-state index in [0.717, 1.165) is 55.5 Å². The third-order valence-corrected chi connectivity index (χ3v) is 5.71. The molecule has 2 aromatic rings. The van der Waals surface area contributed by atoms with Crippen LogP contribution in [0.2, 0.25) is 0 Å². The number of aryl methyl sites for hydroxylation is 1. The van der Waals surface area contributed by atoms with E-state index in [4.69, 9.17) is 0 Å². The number of guanidine groups is 1. The largest absolute Gasteiger partial charge is 0.356 e. The lowest BCUT2D eigenvalue weighted by Gasteiger charge is -2.19. The van der Waals surface area contributed by atoms with Gasteiger partial charge in [-0.2, -0.15) is 0 Å². The van der Waals surface area contributed by atoms with Crippen molar-refractivity contribution in [2.24, 2.45) is 4.99 Å². The van der Waals surface area contributed by atoms with Crippen LogP contribution in [-0.2, 0) is 24.9 Å². The molecule has 0 spiro atoms. The molecular formula is C20H27FN6. The van der Waals surface area contributed by atoms with Crippen molar-refractivity contribution in [3.05, 3.63) is 47.3 Å². The highest BCUT2D eigenvalue weighted by atomic mass is 19.1. The molecule has 6 nitrogen and oxygen atoms in total. The van der Waals surface area contributed by atoms with Gasteiger partial charge in [0.2, 0.25) is 0 Å². The van der Waals surface area contributed by atoms with Crippen molar-refractivity contribution < 1.29 is 4.39 Å². The Kier molecular flexibility index (Phi) is 5.09. The zero-order valence-electron chi connectivity index (χ0n) is 15.8. The molecule has 1 saturated carbocycles. The number of aliphatic imine (C=N–C) groups is 1. The monoisotopic (exact) mass is 370 g/mol. The summed E-state index contributed by atoms with van der Waals surface area (Å²) in [6.45, 7) is 2.34. The number of nitrogens with zero attached hydrogens (tertiary/aromatic N) is 4. The number of halogens is 1. The standard InChI is InChI=1S/C20H27FN6/c1-22-19(23-13-18-26-25-17-8-3-2-4-11-27(17)18)24-14-20(9-10-20)15-6-5-7-16(21)12-15/h5-7,12H,2-4,8-11,13-14H2,1H3,(H2,22,23,24). The quantitative estimate of drug-likeness (QED) is 0.627. The highest BCUT2D eigenvalue weighted by Crippen LogP contribution is 2.47. The summed E-state index contributed by atoms with van der Waals surface area (Å²) >= 11 is 0. The van der Waals surface area contributed by atoms with Gasteiger partial charge in [0.25, 0.3) is 0 Å². The third kappa shape index (κ3) is 3.96. The van der Waals surface area contributed by atoms with Gasteiger partial charge in [0.05, 0.1) is 6.54 Å². The maximum atomic E-state index is 13.6. The van der Waals surface area contributed by atoms with Crippen molar-refractivity contribution in [2.45, 2.75) is 57.0 Å². The van der Waals surface area contributed by atoms with Crippen LogP contribution in [0.3, 0.4) is 0 Å². The Morgan fingerprint density at radius 1 is 1.22 bits per heavy atom. The van der Waals surface area contributed by atoms with E-state index in [1.165, 1.54) is 25.3 Å². The van der Waals surface area contributed by atoms with Gasteiger partial charge in [0.1, 0.15) is 11.6 Å². The number of nitrogens with one attached hydrogen (secondary N) is 2. The molecule has 0 atom stereocenters. The van der Waals surface area contributed by atoms with E-state index in [2.05, 4.69) is 30.4 Å². The van der Waals surface area contributed by atoms with E-state index in [0.29, 0.717) is 6.54 Å². The molecule has 27 heavy (non-hydrogen) atoms. The molecule has 0 bridgehead atoms. The number of hydrogen-bond acceptors (Lipinski definition) is 3. The van der Waals surface area contributed by atoms with Gasteiger partial charge in [-0.1, -0.05) is 18.6 Å². The molecule has 1 aromatic heterocycles. The van der Waals surface area contributed by atoms with Crippen LogP contribution in [0.4, 0.5) is 4.39 Å². The second kappa shape index (κ2) is 7.66. The first kappa shape index (κ1) is 17.9. The predicted molar refractivity (Wildman–Crippen MR) is 103 cm³/mol. The van der Waals surface area contributed by atoms with Gasteiger partial charge in [0.15, 0.2) is 11.8 Å². The Labute approximate surface area is 159 Å². The molecule has 1 aliphatic carbocycles. The van der Waals surface area contributed by atoms with Gasteiger partial charge in [-0.15, -0.1) is 10.2 Å². The lowest BCUT2D eigenvalue weighted by Crippen LogP contribution is -2.41. The van der Waals surface area contributed by atoms with Gasteiger partial charge < -0.3 is 15.2 Å². The van der Waals surface area contributed by atoms with Crippen molar-refractivity contribution in [3.63, 3.8) is 0 Å². The highest BCUT2D eigenvalue weighted by Gasteiger charge is 2.44.